The second kappa shape index (κ2) is 6.75. The summed E-state index contributed by atoms with van der Waals surface area (Å²) in [5.41, 5.74) is 0. The van der Waals surface area contributed by atoms with Crippen LogP contribution in [0.1, 0.15) is 65.2 Å². The van der Waals surface area contributed by atoms with Crippen molar-refractivity contribution in [2.45, 2.75) is 83.3 Å². The first kappa shape index (κ1) is 13.4. The molecule has 2 N–H and O–H groups in total. The van der Waals surface area contributed by atoms with Crippen molar-refractivity contribution in [2.75, 3.05) is 6.54 Å². The highest BCUT2D eigenvalue weighted by Gasteiger charge is 2.23. The minimum atomic E-state index is 0.669. The van der Waals surface area contributed by atoms with Gasteiger partial charge in [-0.1, -0.05) is 19.3 Å². The van der Waals surface area contributed by atoms with Crippen LogP contribution in [0.15, 0.2) is 0 Å². The summed E-state index contributed by atoms with van der Waals surface area (Å²) in [5, 5.41) is 7.44. The normalized spacial score (nSPS) is 30.4. The van der Waals surface area contributed by atoms with Gasteiger partial charge in [0.15, 0.2) is 0 Å². The first-order valence-electron chi connectivity index (χ1n) is 7.75. The molecule has 0 amide bonds. The molecule has 0 aromatic heterocycles. The maximum absolute atomic E-state index is 3.84. The van der Waals surface area contributed by atoms with Crippen LogP contribution < -0.4 is 10.6 Å². The lowest BCUT2D eigenvalue weighted by Crippen LogP contribution is -2.42. The molecule has 1 aliphatic heterocycles. The van der Waals surface area contributed by atoms with Gasteiger partial charge in [-0.15, -0.1) is 0 Å². The molecular weight excluding hydrogens is 208 g/mol. The lowest BCUT2D eigenvalue weighted by molar-refractivity contribution is 0.259. The van der Waals surface area contributed by atoms with Crippen LogP contribution in [-0.2, 0) is 0 Å². The van der Waals surface area contributed by atoms with Gasteiger partial charge in [-0.3, -0.25) is 0 Å². The second-order valence-corrected chi connectivity index (χ2v) is 6.28. The van der Waals surface area contributed by atoms with Gasteiger partial charge < -0.3 is 10.6 Å². The Bertz CT molecular complexity index is 205. The molecule has 0 radical (unpaired) electrons. The Kier molecular flexibility index (Phi) is 5.30. The molecule has 17 heavy (non-hydrogen) atoms. The average Bonchev–Trinajstić information content (AvgIpc) is 2.82. The summed E-state index contributed by atoms with van der Waals surface area (Å²) in [7, 11) is 0. The summed E-state index contributed by atoms with van der Waals surface area (Å²) < 4.78 is 0. The zero-order valence-electron chi connectivity index (χ0n) is 11.7. The molecule has 3 atom stereocenters. The Morgan fingerprint density at radius 3 is 2.47 bits per heavy atom. The summed E-state index contributed by atoms with van der Waals surface area (Å²) in [4.78, 5) is 0. The maximum atomic E-state index is 3.84. The van der Waals surface area contributed by atoms with Crippen LogP contribution in [0.25, 0.3) is 0 Å². The summed E-state index contributed by atoms with van der Waals surface area (Å²) in [5.74, 6) is 0.933. The monoisotopic (exact) mass is 238 g/mol. The van der Waals surface area contributed by atoms with E-state index in [0.29, 0.717) is 12.1 Å². The Morgan fingerprint density at radius 1 is 1.06 bits per heavy atom. The summed E-state index contributed by atoms with van der Waals surface area (Å²) in [6.45, 7) is 5.99. The Balaban J connectivity index is 1.67. The molecule has 0 bridgehead atoms. The van der Waals surface area contributed by atoms with E-state index in [0.717, 1.165) is 12.0 Å². The van der Waals surface area contributed by atoms with Crippen molar-refractivity contribution in [3.05, 3.63) is 0 Å². The van der Waals surface area contributed by atoms with E-state index < -0.39 is 0 Å². The van der Waals surface area contributed by atoms with E-state index in [-0.39, 0.29) is 0 Å². The smallest absolute Gasteiger partial charge is 0.00822 e. The first-order chi connectivity index (χ1) is 8.25. The highest BCUT2D eigenvalue weighted by Crippen LogP contribution is 2.26. The van der Waals surface area contributed by atoms with E-state index in [2.05, 4.69) is 24.5 Å². The molecule has 1 saturated heterocycles. The SMILES string of the molecule is CC(CC1CCCN1)N[C@@H](C)C1CCCCC1. The van der Waals surface area contributed by atoms with E-state index in [1.54, 1.807) is 0 Å². The van der Waals surface area contributed by atoms with Crippen molar-refractivity contribution in [2.24, 2.45) is 5.92 Å². The van der Waals surface area contributed by atoms with Crippen LogP contribution >= 0.6 is 0 Å². The standard InChI is InChI=1S/C15H30N2/c1-12(11-15-9-6-10-16-15)17-13(2)14-7-4-3-5-8-14/h12-17H,3-11H2,1-2H3/t12?,13-,15?/m0/s1. The van der Waals surface area contributed by atoms with Gasteiger partial charge in [-0.05, 0) is 58.4 Å². The van der Waals surface area contributed by atoms with Crippen molar-refractivity contribution in [3.63, 3.8) is 0 Å². The average molecular weight is 238 g/mol. The van der Waals surface area contributed by atoms with E-state index >= 15 is 0 Å². The summed E-state index contributed by atoms with van der Waals surface area (Å²) in [6, 6.07) is 2.16. The highest BCUT2D eigenvalue weighted by atomic mass is 15.0. The molecule has 0 spiro atoms. The zero-order valence-corrected chi connectivity index (χ0v) is 11.7. The van der Waals surface area contributed by atoms with E-state index in [9.17, 15) is 0 Å². The Hall–Kier alpha value is -0.0800. The zero-order chi connectivity index (χ0) is 12.1. The largest absolute Gasteiger partial charge is 0.314 e. The van der Waals surface area contributed by atoms with Gasteiger partial charge >= 0.3 is 0 Å². The molecule has 2 rings (SSSR count). The lowest BCUT2D eigenvalue weighted by atomic mass is 9.84. The van der Waals surface area contributed by atoms with Gasteiger partial charge in [-0.2, -0.15) is 0 Å². The molecule has 2 unspecified atom stereocenters. The summed E-state index contributed by atoms with van der Waals surface area (Å²) >= 11 is 0. The fourth-order valence-corrected chi connectivity index (χ4v) is 3.67. The molecule has 1 saturated carbocycles. The molecule has 0 aromatic rings. The van der Waals surface area contributed by atoms with Gasteiger partial charge in [0.25, 0.3) is 0 Å². The number of hydrogen-bond acceptors (Lipinski definition) is 2. The molecule has 2 heteroatoms. The van der Waals surface area contributed by atoms with Crippen molar-refractivity contribution in [1.82, 2.24) is 10.6 Å². The van der Waals surface area contributed by atoms with Gasteiger partial charge in [0, 0.05) is 18.1 Å². The topological polar surface area (TPSA) is 24.1 Å². The first-order valence-corrected chi connectivity index (χ1v) is 7.75. The molecule has 1 heterocycles. The van der Waals surface area contributed by atoms with Gasteiger partial charge in [0.2, 0.25) is 0 Å². The minimum Gasteiger partial charge on any atom is -0.314 e. The molecule has 2 fully saturated rings. The highest BCUT2D eigenvalue weighted by molar-refractivity contribution is 4.82. The maximum Gasteiger partial charge on any atom is 0.00822 e. The Labute approximate surface area is 107 Å². The molecule has 2 nitrogen and oxygen atoms in total. The van der Waals surface area contributed by atoms with Crippen LogP contribution in [0.5, 0.6) is 0 Å². The fourth-order valence-electron chi connectivity index (χ4n) is 3.67. The molecule has 0 aromatic carbocycles. The third kappa shape index (κ3) is 4.26. The van der Waals surface area contributed by atoms with Gasteiger partial charge in [-0.25, -0.2) is 0 Å². The van der Waals surface area contributed by atoms with Crippen molar-refractivity contribution >= 4 is 0 Å². The second-order valence-electron chi connectivity index (χ2n) is 6.28. The summed E-state index contributed by atoms with van der Waals surface area (Å²) in [6.07, 6.45) is 11.3. The lowest BCUT2D eigenvalue weighted by Gasteiger charge is -2.31. The van der Waals surface area contributed by atoms with Crippen LogP contribution in [0.2, 0.25) is 0 Å². The predicted molar refractivity (Wildman–Crippen MR) is 74.3 cm³/mol. The van der Waals surface area contributed by atoms with Crippen molar-refractivity contribution in [1.29, 1.82) is 0 Å². The quantitative estimate of drug-likeness (QED) is 0.769. The van der Waals surface area contributed by atoms with E-state index in [4.69, 9.17) is 0 Å². The number of rotatable bonds is 5. The minimum absolute atomic E-state index is 0.669. The molecule has 100 valence electrons. The van der Waals surface area contributed by atoms with Crippen molar-refractivity contribution in [3.8, 4) is 0 Å². The third-order valence-electron chi connectivity index (χ3n) is 4.70. The van der Waals surface area contributed by atoms with E-state index in [1.165, 1.54) is 57.9 Å². The Morgan fingerprint density at radius 2 is 1.82 bits per heavy atom. The van der Waals surface area contributed by atoms with Crippen LogP contribution in [0.3, 0.4) is 0 Å². The number of hydrogen-bond donors (Lipinski definition) is 2. The molecule has 1 aliphatic carbocycles. The van der Waals surface area contributed by atoms with Crippen LogP contribution in [-0.4, -0.2) is 24.7 Å². The van der Waals surface area contributed by atoms with Crippen molar-refractivity contribution < 1.29 is 0 Å². The predicted octanol–water partition coefficient (Wildman–Crippen LogP) is 3.08. The van der Waals surface area contributed by atoms with E-state index in [1.807, 2.05) is 0 Å². The fraction of sp³-hybridized carbons (Fsp3) is 1.00. The van der Waals surface area contributed by atoms with Crippen LogP contribution in [0, 0.1) is 5.92 Å². The van der Waals surface area contributed by atoms with Gasteiger partial charge in [0.05, 0.1) is 0 Å². The van der Waals surface area contributed by atoms with Gasteiger partial charge in [0.1, 0.15) is 0 Å². The third-order valence-corrected chi connectivity index (χ3v) is 4.70. The molecular formula is C15H30N2. The molecule has 2 aliphatic rings. The number of nitrogens with one attached hydrogen (secondary N) is 2. The van der Waals surface area contributed by atoms with Crippen LogP contribution in [0.4, 0.5) is 0 Å².